The van der Waals surface area contributed by atoms with Gasteiger partial charge in [0, 0.05) is 43.3 Å². The van der Waals surface area contributed by atoms with E-state index in [-0.39, 0.29) is 11.9 Å². The minimum atomic E-state index is 0.180. The fourth-order valence-electron chi connectivity index (χ4n) is 3.21. The van der Waals surface area contributed by atoms with Crippen LogP contribution in [0.5, 0.6) is 5.75 Å². The summed E-state index contributed by atoms with van der Waals surface area (Å²) in [6.45, 7) is 6.19. The summed E-state index contributed by atoms with van der Waals surface area (Å²) in [5, 5.41) is 0. The number of fused-ring (bicyclic) bond motifs is 3. The summed E-state index contributed by atoms with van der Waals surface area (Å²) >= 11 is 3.44. The van der Waals surface area contributed by atoms with Gasteiger partial charge in [-0.2, -0.15) is 0 Å². The van der Waals surface area contributed by atoms with Crippen molar-refractivity contribution in [3.8, 4) is 5.75 Å². The minimum absolute atomic E-state index is 0.180. The first-order valence-electron chi connectivity index (χ1n) is 8.59. The van der Waals surface area contributed by atoms with E-state index in [9.17, 15) is 4.79 Å². The number of halogens is 1. The fraction of sp³-hybridized carbons (Fsp3) is 0.647. The summed E-state index contributed by atoms with van der Waals surface area (Å²) in [7, 11) is 0. The standard InChI is InChI=1S/C17H24BrN3O3/c1-2-7-23-8-4-16(22)20-5-6-21-14(12-20)3-9-24-15-10-13(18)11-19-17(15)21/h10-11,14H,2-9,12H2,1H3. The molecule has 7 heteroatoms. The number of carbonyl (C=O) groups excluding carboxylic acids is 1. The van der Waals surface area contributed by atoms with Crippen molar-refractivity contribution in [1.82, 2.24) is 9.88 Å². The number of amides is 1. The van der Waals surface area contributed by atoms with Gasteiger partial charge < -0.3 is 19.3 Å². The maximum atomic E-state index is 12.4. The Morgan fingerprint density at radius 3 is 3.17 bits per heavy atom. The first kappa shape index (κ1) is 17.5. The molecule has 1 aromatic rings. The molecule has 0 aromatic carbocycles. The number of hydrogen-bond donors (Lipinski definition) is 0. The third-order valence-electron chi connectivity index (χ3n) is 4.42. The van der Waals surface area contributed by atoms with Gasteiger partial charge in [0.15, 0.2) is 11.6 Å². The highest BCUT2D eigenvalue weighted by Crippen LogP contribution is 2.34. The highest BCUT2D eigenvalue weighted by Gasteiger charge is 2.33. The number of aromatic nitrogens is 1. The monoisotopic (exact) mass is 397 g/mol. The SMILES string of the molecule is CCCOCCC(=O)N1CCN2c3ncc(Br)cc3OCCC2C1. The maximum Gasteiger partial charge on any atom is 0.225 e. The maximum absolute atomic E-state index is 12.4. The van der Waals surface area contributed by atoms with Crippen molar-refractivity contribution in [2.45, 2.75) is 32.2 Å². The minimum Gasteiger partial charge on any atom is -0.490 e. The van der Waals surface area contributed by atoms with E-state index >= 15 is 0 Å². The first-order valence-corrected chi connectivity index (χ1v) is 9.39. The normalized spacial score (nSPS) is 20.0. The second kappa shape index (κ2) is 8.16. The summed E-state index contributed by atoms with van der Waals surface area (Å²) in [6, 6.07) is 2.22. The number of carbonyl (C=O) groups is 1. The zero-order valence-electron chi connectivity index (χ0n) is 14.0. The molecule has 3 heterocycles. The zero-order valence-corrected chi connectivity index (χ0v) is 15.6. The Morgan fingerprint density at radius 2 is 2.33 bits per heavy atom. The Balaban J connectivity index is 1.62. The number of nitrogens with zero attached hydrogens (tertiary/aromatic N) is 3. The van der Waals surface area contributed by atoms with Crippen LogP contribution in [-0.4, -0.2) is 61.3 Å². The van der Waals surface area contributed by atoms with E-state index in [2.05, 4.69) is 32.7 Å². The van der Waals surface area contributed by atoms with Gasteiger partial charge in [-0.15, -0.1) is 0 Å². The third-order valence-corrected chi connectivity index (χ3v) is 4.86. The quantitative estimate of drug-likeness (QED) is 0.714. The summed E-state index contributed by atoms with van der Waals surface area (Å²) in [5.74, 6) is 1.89. The smallest absolute Gasteiger partial charge is 0.225 e. The Hall–Kier alpha value is -1.34. The third kappa shape index (κ3) is 4.00. The van der Waals surface area contributed by atoms with Crippen LogP contribution in [0.1, 0.15) is 26.2 Å². The van der Waals surface area contributed by atoms with E-state index < -0.39 is 0 Å². The predicted octanol–water partition coefficient (Wildman–Crippen LogP) is 2.46. The molecule has 1 amide bonds. The van der Waals surface area contributed by atoms with Gasteiger partial charge in [-0.25, -0.2) is 4.98 Å². The summed E-state index contributed by atoms with van der Waals surface area (Å²) in [4.78, 5) is 21.2. The van der Waals surface area contributed by atoms with Crippen LogP contribution in [0.3, 0.4) is 0 Å². The van der Waals surface area contributed by atoms with E-state index in [4.69, 9.17) is 9.47 Å². The molecule has 0 N–H and O–H groups in total. The average Bonchev–Trinajstić information content (AvgIpc) is 2.76. The van der Waals surface area contributed by atoms with Gasteiger partial charge in [0.1, 0.15) is 0 Å². The number of piperazine rings is 1. The van der Waals surface area contributed by atoms with E-state index in [0.717, 1.165) is 55.1 Å². The summed E-state index contributed by atoms with van der Waals surface area (Å²) in [6.07, 6.45) is 4.14. The van der Waals surface area contributed by atoms with Gasteiger partial charge in [-0.1, -0.05) is 6.92 Å². The molecule has 132 valence electrons. The van der Waals surface area contributed by atoms with E-state index in [0.29, 0.717) is 19.6 Å². The van der Waals surface area contributed by atoms with E-state index in [1.807, 2.05) is 11.0 Å². The van der Waals surface area contributed by atoms with Crippen LogP contribution < -0.4 is 9.64 Å². The van der Waals surface area contributed by atoms with Crippen molar-refractivity contribution in [3.05, 3.63) is 16.7 Å². The summed E-state index contributed by atoms with van der Waals surface area (Å²) < 4.78 is 12.2. The van der Waals surface area contributed by atoms with E-state index in [1.54, 1.807) is 6.20 Å². The summed E-state index contributed by atoms with van der Waals surface area (Å²) in [5.41, 5.74) is 0. The van der Waals surface area contributed by atoms with Gasteiger partial charge >= 0.3 is 0 Å². The topological polar surface area (TPSA) is 54.9 Å². The van der Waals surface area contributed by atoms with Gasteiger partial charge in [-0.3, -0.25) is 4.79 Å². The van der Waals surface area contributed by atoms with Crippen molar-refractivity contribution in [1.29, 1.82) is 0 Å². The molecule has 0 spiro atoms. The molecule has 0 aliphatic carbocycles. The molecule has 2 aliphatic heterocycles. The number of anilines is 1. The predicted molar refractivity (Wildman–Crippen MR) is 95.5 cm³/mol. The van der Waals surface area contributed by atoms with Crippen molar-refractivity contribution in [2.24, 2.45) is 0 Å². The molecule has 1 aromatic heterocycles. The molecule has 1 fully saturated rings. The molecule has 3 rings (SSSR count). The first-order chi connectivity index (χ1) is 11.7. The van der Waals surface area contributed by atoms with Crippen LogP contribution in [0, 0.1) is 0 Å². The van der Waals surface area contributed by atoms with Crippen molar-refractivity contribution >= 4 is 27.7 Å². The number of ether oxygens (including phenoxy) is 2. The molecular weight excluding hydrogens is 374 g/mol. The van der Waals surface area contributed by atoms with Crippen LogP contribution in [0.2, 0.25) is 0 Å². The van der Waals surface area contributed by atoms with Crippen LogP contribution >= 0.6 is 15.9 Å². The lowest BCUT2D eigenvalue weighted by atomic mass is 10.1. The molecule has 0 radical (unpaired) electrons. The Kier molecular flexibility index (Phi) is 5.94. The zero-order chi connectivity index (χ0) is 16.9. The molecule has 1 atom stereocenters. The molecule has 24 heavy (non-hydrogen) atoms. The van der Waals surface area contributed by atoms with E-state index in [1.165, 1.54) is 0 Å². The van der Waals surface area contributed by atoms with Crippen LogP contribution in [-0.2, 0) is 9.53 Å². The van der Waals surface area contributed by atoms with Crippen LogP contribution in [0.15, 0.2) is 16.7 Å². The van der Waals surface area contributed by atoms with Crippen molar-refractivity contribution in [2.75, 3.05) is 44.4 Å². The number of hydrogen-bond acceptors (Lipinski definition) is 5. The largest absolute Gasteiger partial charge is 0.490 e. The molecule has 2 aliphatic rings. The van der Waals surface area contributed by atoms with Gasteiger partial charge in [0.25, 0.3) is 0 Å². The molecule has 0 saturated carbocycles. The Bertz CT molecular complexity index is 584. The van der Waals surface area contributed by atoms with Crippen molar-refractivity contribution in [3.63, 3.8) is 0 Å². The number of pyridine rings is 1. The van der Waals surface area contributed by atoms with Crippen LogP contribution in [0.4, 0.5) is 5.82 Å². The second-order valence-corrected chi connectivity index (χ2v) is 7.08. The van der Waals surface area contributed by atoms with Gasteiger partial charge in [0.05, 0.1) is 25.7 Å². The molecular formula is C17H24BrN3O3. The molecule has 1 unspecified atom stereocenters. The average molecular weight is 398 g/mol. The number of rotatable bonds is 5. The lowest BCUT2D eigenvalue weighted by molar-refractivity contribution is -0.133. The fourth-order valence-corrected chi connectivity index (χ4v) is 3.52. The Morgan fingerprint density at radius 1 is 1.46 bits per heavy atom. The van der Waals surface area contributed by atoms with Crippen LogP contribution in [0.25, 0.3) is 0 Å². The lowest BCUT2D eigenvalue weighted by Crippen LogP contribution is -2.55. The van der Waals surface area contributed by atoms with Crippen molar-refractivity contribution < 1.29 is 14.3 Å². The second-order valence-electron chi connectivity index (χ2n) is 6.16. The highest BCUT2D eigenvalue weighted by molar-refractivity contribution is 9.10. The molecule has 0 bridgehead atoms. The molecule has 1 saturated heterocycles. The van der Waals surface area contributed by atoms with Gasteiger partial charge in [-0.05, 0) is 28.4 Å². The Labute approximate surface area is 151 Å². The van der Waals surface area contributed by atoms with Gasteiger partial charge in [0.2, 0.25) is 5.91 Å². The lowest BCUT2D eigenvalue weighted by Gasteiger charge is -2.41. The molecule has 6 nitrogen and oxygen atoms in total. The highest BCUT2D eigenvalue weighted by atomic mass is 79.9.